The van der Waals surface area contributed by atoms with Crippen LogP contribution in [0.3, 0.4) is 0 Å². The van der Waals surface area contributed by atoms with Crippen LogP contribution in [-0.2, 0) is 7.05 Å². The van der Waals surface area contributed by atoms with E-state index in [9.17, 15) is 9.90 Å². The molecule has 0 spiro atoms. The van der Waals surface area contributed by atoms with Crippen molar-refractivity contribution >= 4 is 16.9 Å². The van der Waals surface area contributed by atoms with Crippen LogP contribution in [0.5, 0.6) is 0 Å². The SMILES string of the molecule is Cn1ccc2ccc(C(=O)N3C[C@H]4C[C@@H](n5cncn5)[C@H](O)C[C@H]4C3)nc21. The van der Waals surface area contributed by atoms with E-state index in [0.717, 1.165) is 17.5 Å². The Hall–Kier alpha value is -2.74. The average molecular weight is 366 g/mol. The molecule has 1 amide bonds. The van der Waals surface area contributed by atoms with Gasteiger partial charge in [0.1, 0.15) is 24.0 Å². The Balaban J connectivity index is 1.35. The summed E-state index contributed by atoms with van der Waals surface area (Å²) in [6, 6.07) is 5.68. The Bertz CT molecular complexity index is 981. The summed E-state index contributed by atoms with van der Waals surface area (Å²) in [5, 5.41) is 15.8. The Morgan fingerprint density at radius 2 is 2.00 bits per heavy atom. The lowest BCUT2D eigenvalue weighted by Gasteiger charge is -2.34. The predicted molar refractivity (Wildman–Crippen MR) is 97.9 cm³/mol. The number of fused-ring (bicyclic) bond motifs is 2. The highest BCUT2D eigenvalue weighted by atomic mass is 16.3. The first-order valence-corrected chi connectivity index (χ1v) is 9.33. The summed E-state index contributed by atoms with van der Waals surface area (Å²) in [7, 11) is 1.93. The van der Waals surface area contributed by atoms with Crippen molar-refractivity contribution in [2.45, 2.75) is 25.0 Å². The zero-order chi connectivity index (χ0) is 18.5. The minimum absolute atomic E-state index is 0.0284. The number of pyridine rings is 1. The molecule has 1 N–H and O–H groups in total. The molecule has 1 saturated carbocycles. The number of aliphatic hydroxyl groups is 1. The van der Waals surface area contributed by atoms with Gasteiger partial charge in [-0.1, -0.05) is 0 Å². The lowest BCUT2D eigenvalue weighted by Crippen LogP contribution is -2.36. The van der Waals surface area contributed by atoms with Crippen molar-refractivity contribution in [3.8, 4) is 0 Å². The van der Waals surface area contributed by atoms with Crippen LogP contribution in [0.1, 0.15) is 29.4 Å². The summed E-state index contributed by atoms with van der Waals surface area (Å²) in [5.74, 6) is 0.659. The van der Waals surface area contributed by atoms with Crippen molar-refractivity contribution in [1.29, 1.82) is 0 Å². The molecule has 5 rings (SSSR count). The second-order valence-corrected chi connectivity index (χ2v) is 7.75. The van der Waals surface area contributed by atoms with Crippen LogP contribution in [0, 0.1) is 11.8 Å². The van der Waals surface area contributed by atoms with Gasteiger partial charge in [-0.3, -0.25) is 4.79 Å². The Morgan fingerprint density at radius 1 is 1.19 bits per heavy atom. The smallest absolute Gasteiger partial charge is 0.272 e. The van der Waals surface area contributed by atoms with Crippen molar-refractivity contribution in [2.75, 3.05) is 13.1 Å². The molecular weight excluding hydrogens is 344 g/mol. The molecule has 1 aliphatic heterocycles. The van der Waals surface area contributed by atoms with E-state index < -0.39 is 6.10 Å². The zero-order valence-electron chi connectivity index (χ0n) is 15.1. The van der Waals surface area contributed by atoms with E-state index in [-0.39, 0.29) is 11.9 Å². The second kappa shape index (κ2) is 6.16. The van der Waals surface area contributed by atoms with Gasteiger partial charge in [0, 0.05) is 31.7 Å². The molecule has 2 aliphatic rings. The Morgan fingerprint density at radius 3 is 2.78 bits per heavy atom. The molecule has 1 saturated heterocycles. The monoisotopic (exact) mass is 366 g/mol. The highest BCUT2D eigenvalue weighted by molar-refractivity contribution is 5.94. The van der Waals surface area contributed by atoms with Gasteiger partial charge in [0.15, 0.2) is 0 Å². The van der Waals surface area contributed by atoms with Crippen molar-refractivity contribution < 1.29 is 9.90 Å². The number of aryl methyl sites for hydroxylation is 1. The van der Waals surface area contributed by atoms with Crippen LogP contribution in [0.4, 0.5) is 0 Å². The molecule has 0 aromatic carbocycles. The van der Waals surface area contributed by atoms with Crippen molar-refractivity contribution in [3.05, 3.63) is 42.7 Å². The molecule has 1 aliphatic carbocycles. The van der Waals surface area contributed by atoms with Crippen molar-refractivity contribution in [1.82, 2.24) is 29.2 Å². The van der Waals surface area contributed by atoms with E-state index in [2.05, 4.69) is 15.1 Å². The van der Waals surface area contributed by atoms with E-state index >= 15 is 0 Å². The minimum atomic E-state index is -0.458. The number of likely N-dealkylation sites (tertiary alicyclic amines) is 1. The van der Waals surface area contributed by atoms with E-state index in [4.69, 9.17) is 0 Å². The van der Waals surface area contributed by atoms with E-state index in [1.807, 2.05) is 34.8 Å². The third-order valence-corrected chi connectivity index (χ3v) is 6.11. The standard InChI is InChI=1S/C19H22N6O2/c1-23-5-4-12-2-3-15(22-18(12)23)19(27)24-8-13-6-16(25-11-20-10-21-25)17(26)7-14(13)9-24/h2-5,10-11,13-14,16-17,26H,6-9H2,1H3/t13-,14+,16-,17-/m1/s1. The molecule has 140 valence electrons. The number of amides is 1. The molecule has 4 atom stereocenters. The second-order valence-electron chi connectivity index (χ2n) is 7.75. The summed E-state index contributed by atoms with van der Waals surface area (Å²) >= 11 is 0. The zero-order valence-corrected chi connectivity index (χ0v) is 15.1. The van der Waals surface area contributed by atoms with Gasteiger partial charge in [0.25, 0.3) is 5.91 Å². The Labute approximate surface area is 156 Å². The number of aliphatic hydroxyl groups excluding tert-OH is 1. The van der Waals surface area contributed by atoms with Crippen molar-refractivity contribution in [3.63, 3.8) is 0 Å². The van der Waals surface area contributed by atoms with E-state index in [1.165, 1.54) is 6.33 Å². The molecule has 0 bridgehead atoms. The molecule has 3 aromatic heterocycles. The van der Waals surface area contributed by atoms with Crippen LogP contribution in [0.2, 0.25) is 0 Å². The van der Waals surface area contributed by atoms with Crippen LogP contribution in [0.25, 0.3) is 11.0 Å². The Kier molecular flexibility index (Phi) is 3.75. The number of hydrogen-bond acceptors (Lipinski definition) is 5. The largest absolute Gasteiger partial charge is 0.391 e. The molecule has 4 heterocycles. The number of nitrogens with zero attached hydrogens (tertiary/aromatic N) is 6. The van der Waals surface area contributed by atoms with Crippen LogP contribution >= 0.6 is 0 Å². The number of carbonyl (C=O) groups is 1. The maximum atomic E-state index is 13.0. The molecule has 8 heteroatoms. The van der Waals surface area contributed by atoms with Gasteiger partial charge >= 0.3 is 0 Å². The first kappa shape index (κ1) is 16.4. The number of aromatic nitrogens is 5. The van der Waals surface area contributed by atoms with Crippen molar-refractivity contribution in [2.24, 2.45) is 18.9 Å². The first-order chi connectivity index (χ1) is 13.1. The van der Waals surface area contributed by atoms with Gasteiger partial charge in [-0.25, -0.2) is 14.6 Å². The number of rotatable bonds is 2. The fourth-order valence-corrected chi connectivity index (χ4v) is 4.66. The molecular formula is C19H22N6O2. The van der Waals surface area contributed by atoms with E-state index in [1.54, 1.807) is 17.1 Å². The third-order valence-electron chi connectivity index (χ3n) is 6.11. The van der Waals surface area contributed by atoms with Gasteiger partial charge < -0.3 is 14.6 Å². The molecule has 3 aromatic rings. The lowest BCUT2D eigenvalue weighted by atomic mass is 9.77. The number of carbonyl (C=O) groups excluding carboxylic acids is 1. The first-order valence-electron chi connectivity index (χ1n) is 9.33. The fourth-order valence-electron chi connectivity index (χ4n) is 4.66. The van der Waals surface area contributed by atoms with Crippen LogP contribution in [0.15, 0.2) is 37.1 Å². The fraction of sp³-hybridized carbons (Fsp3) is 0.474. The van der Waals surface area contributed by atoms with Gasteiger partial charge in [0.05, 0.1) is 12.1 Å². The van der Waals surface area contributed by atoms with Gasteiger partial charge in [-0.15, -0.1) is 0 Å². The quantitative estimate of drug-likeness (QED) is 0.737. The highest BCUT2D eigenvalue weighted by Gasteiger charge is 2.44. The average Bonchev–Trinajstić information content (AvgIpc) is 3.40. The molecule has 27 heavy (non-hydrogen) atoms. The number of hydrogen-bond donors (Lipinski definition) is 1. The normalized spacial score (nSPS) is 27.9. The highest BCUT2D eigenvalue weighted by Crippen LogP contribution is 2.41. The summed E-state index contributed by atoms with van der Waals surface area (Å²) in [5.41, 5.74) is 1.30. The summed E-state index contributed by atoms with van der Waals surface area (Å²) in [6.07, 6.45) is 6.13. The predicted octanol–water partition coefficient (Wildman–Crippen LogP) is 1.25. The van der Waals surface area contributed by atoms with Gasteiger partial charge in [-0.2, -0.15) is 5.10 Å². The van der Waals surface area contributed by atoms with Gasteiger partial charge in [0.2, 0.25) is 0 Å². The maximum Gasteiger partial charge on any atom is 0.272 e. The summed E-state index contributed by atoms with van der Waals surface area (Å²) in [4.78, 5) is 23.5. The molecule has 8 nitrogen and oxygen atoms in total. The van der Waals surface area contributed by atoms with Crippen LogP contribution in [-0.4, -0.2) is 59.4 Å². The molecule has 2 fully saturated rings. The summed E-state index contributed by atoms with van der Waals surface area (Å²) < 4.78 is 3.67. The summed E-state index contributed by atoms with van der Waals surface area (Å²) in [6.45, 7) is 1.38. The molecule has 0 unspecified atom stereocenters. The maximum absolute atomic E-state index is 13.0. The molecule has 0 radical (unpaired) electrons. The minimum Gasteiger partial charge on any atom is -0.391 e. The van der Waals surface area contributed by atoms with Gasteiger partial charge in [-0.05, 0) is 42.9 Å². The van der Waals surface area contributed by atoms with Crippen LogP contribution < -0.4 is 0 Å². The third kappa shape index (κ3) is 2.71. The van der Waals surface area contributed by atoms with E-state index in [0.29, 0.717) is 37.0 Å². The lowest BCUT2D eigenvalue weighted by molar-refractivity contribution is 0.0304. The topological polar surface area (TPSA) is 89.1 Å².